The molecule has 0 aromatic carbocycles. The van der Waals surface area contributed by atoms with E-state index >= 15 is 0 Å². The largest absolute Gasteiger partial charge is 0.489 e. The van der Waals surface area contributed by atoms with E-state index in [1.807, 2.05) is 19.1 Å². The third-order valence-corrected chi connectivity index (χ3v) is 3.04. The molecule has 0 bridgehead atoms. The normalized spacial score (nSPS) is 21.4. The Kier molecular flexibility index (Phi) is 4.34. The first-order chi connectivity index (χ1) is 8.29. The molecule has 0 aliphatic carbocycles. The van der Waals surface area contributed by atoms with Crippen LogP contribution in [0.15, 0.2) is 18.3 Å². The maximum atomic E-state index is 5.89. The summed E-state index contributed by atoms with van der Waals surface area (Å²) in [5, 5.41) is 0. The number of nitrogens with two attached hydrogens (primary N) is 1. The van der Waals surface area contributed by atoms with Crippen LogP contribution in [0.5, 0.6) is 5.75 Å². The Morgan fingerprint density at radius 2 is 2.47 bits per heavy atom. The molecular weight excluding hydrogens is 216 g/mol. The molecule has 2 N–H and O–H groups in total. The van der Waals surface area contributed by atoms with Crippen molar-refractivity contribution in [3.8, 4) is 5.75 Å². The number of hydrogen-bond acceptors (Lipinski definition) is 4. The summed E-state index contributed by atoms with van der Waals surface area (Å²) in [7, 11) is 0. The van der Waals surface area contributed by atoms with E-state index in [1.54, 1.807) is 6.20 Å². The minimum Gasteiger partial charge on any atom is -0.489 e. The van der Waals surface area contributed by atoms with Crippen LogP contribution in [0.1, 0.15) is 37.9 Å². The number of rotatable bonds is 5. The third-order valence-electron chi connectivity index (χ3n) is 3.04. The zero-order valence-electron chi connectivity index (χ0n) is 10.3. The second-order valence-electron chi connectivity index (χ2n) is 4.38. The molecule has 1 aliphatic rings. The van der Waals surface area contributed by atoms with E-state index in [1.165, 1.54) is 0 Å². The molecule has 94 valence electrons. The summed E-state index contributed by atoms with van der Waals surface area (Å²) in [5.41, 5.74) is 6.81. The fraction of sp³-hybridized carbons (Fsp3) is 0.615. The lowest BCUT2D eigenvalue weighted by atomic mass is 10.1. The van der Waals surface area contributed by atoms with E-state index < -0.39 is 0 Å². The SMILES string of the molecule is CCC(N)c1ccc(OCC2CCCO2)cn1. The summed E-state index contributed by atoms with van der Waals surface area (Å²) in [5.74, 6) is 0.785. The first-order valence-corrected chi connectivity index (χ1v) is 6.25. The van der Waals surface area contributed by atoms with E-state index in [-0.39, 0.29) is 12.1 Å². The van der Waals surface area contributed by atoms with Crippen molar-refractivity contribution >= 4 is 0 Å². The monoisotopic (exact) mass is 236 g/mol. The van der Waals surface area contributed by atoms with Gasteiger partial charge >= 0.3 is 0 Å². The predicted octanol–water partition coefficient (Wildman–Crippen LogP) is 2.05. The molecule has 0 saturated carbocycles. The van der Waals surface area contributed by atoms with Gasteiger partial charge < -0.3 is 15.2 Å². The average molecular weight is 236 g/mol. The summed E-state index contributed by atoms with van der Waals surface area (Å²) < 4.78 is 11.1. The van der Waals surface area contributed by atoms with E-state index in [0.717, 1.165) is 37.3 Å². The van der Waals surface area contributed by atoms with Crippen LogP contribution >= 0.6 is 0 Å². The Morgan fingerprint density at radius 3 is 3.06 bits per heavy atom. The van der Waals surface area contributed by atoms with Crippen LogP contribution in [-0.4, -0.2) is 24.3 Å². The molecule has 1 saturated heterocycles. The number of pyridine rings is 1. The Bertz CT molecular complexity index is 334. The molecule has 4 nitrogen and oxygen atoms in total. The van der Waals surface area contributed by atoms with Crippen molar-refractivity contribution in [3.05, 3.63) is 24.0 Å². The molecular formula is C13H20N2O2. The summed E-state index contributed by atoms with van der Waals surface area (Å²) in [6.45, 7) is 3.52. The molecule has 2 heterocycles. The van der Waals surface area contributed by atoms with Gasteiger partial charge in [-0.15, -0.1) is 0 Å². The van der Waals surface area contributed by atoms with E-state index in [9.17, 15) is 0 Å². The van der Waals surface area contributed by atoms with Crippen molar-refractivity contribution in [3.63, 3.8) is 0 Å². The van der Waals surface area contributed by atoms with Gasteiger partial charge in [-0.1, -0.05) is 6.92 Å². The first kappa shape index (κ1) is 12.3. The van der Waals surface area contributed by atoms with Crippen LogP contribution in [0.3, 0.4) is 0 Å². The van der Waals surface area contributed by atoms with Gasteiger partial charge in [0.2, 0.25) is 0 Å². The molecule has 2 rings (SSSR count). The van der Waals surface area contributed by atoms with Crippen molar-refractivity contribution in [2.45, 2.75) is 38.3 Å². The fourth-order valence-electron chi connectivity index (χ4n) is 1.87. The van der Waals surface area contributed by atoms with E-state index in [2.05, 4.69) is 4.98 Å². The van der Waals surface area contributed by atoms with Crippen molar-refractivity contribution in [2.24, 2.45) is 5.73 Å². The van der Waals surface area contributed by atoms with Gasteiger partial charge in [0.15, 0.2) is 0 Å². The molecule has 17 heavy (non-hydrogen) atoms. The van der Waals surface area contributed by atoms with Crippen LogP contribution < -0.4 is 10.5 Å². The van der Waals surface area contributed by atoms with Crippen LogP contribution in [0.2, 0.25) is 0 Å². The van der Waals surface area contributed by atoms with Crippen LogP contribution in [0.4, 0.5) is 0 Å². The molecule has 0 radical (unpaired) electrons. The second-order valence-corrected chi connectivity index (χ2v) is 4.38. The molecule has 1 fully saturated rings. The maximum absolute atomic E-state index is 5.89. The third kappa shape index (κ3) is 3.41. The smallest absolute Gasteiger partial charge is 0.137 e. The first-order valence-electron chi connectivity index (χ1n) is 6.25. The topological polar surface area (TPSA) is 57.4 Å². The van der Waals surface area contributed by atoms with Gasteiger partial charge in [0.05, 0.1) is 18.0 Å². The molecule has 2 unspecified atom stereocenters. The van der Waals surface area contributed by atoms with Gasteiger partial charge in [0.25, 0.3) is 0 Å². The summed E-state index contributed by atoms with van der Waals surface area (Å²) in [6, 6.07) is 3.87. The minimum absolute atomic E-state index is 0.0159. The Morgan fingerprint density at radius 1 is 1.59 bits per heavy atom. The Labute approximate surface area is 102 Å². The molecule has 1 aromatic heterocycles. The fourth-order valence-corrected chi connectivity index (χ4v) is 1.87. The Hall–Kier alpha value is -1.13. The van der Waals surface area contributed by atoms with Gasteiger partial charge in [-0.2, -0.15) is 0 Å². The molecule has 1 aliphatic heterocycles. The maximum Gasteiger partial charge on any atom is 0.137 e. The zero-order chi connectivity index (χ0) is 12.1. The molecule has 2 atom stereocenters. The van der Waals surface area contributed by atoms with E-state index in [0.29, 0.717) is 6.61 Å². The molecule has 1 aromatic rings. The standard InChI is InChI=1S/C13H20N2O2/c1-2-12(14)13-6-5-10(8-15-13)17-9-11-4-3-7-16-11/h5-6,8,11-12H,2-4,7,9,14H2,1H3. The lowest BCUT2D eigenvalue weighted by Crippen LogP contribution is -2.16. The molecule has 0 spiro atoms. The van der Waals surface area contributed by atoms with Gasteiger partial charge in [0, 0.05) is 12.6 Å². The Balaban J connectivity index is 1.84. The quantitative estimate of drug-likeness (QED) is 0.850. The van der Waals surface area contributed by atoms with Gasteiger partial charge in [-0.25, -0.2) is 0 Å². The summed E-state index contributed by atoms with van der Waals surface area (Å²) in [6.07, 6.45) is 5.10. The van der Waals surface area contributed by atoms with Gasteiger partial charge in [0.1, 0.15) is 12.4 Å². The van der Waals surface area contributed by atoms with Crippen LogP contribution in [0, 0.1) is 0 Å². The number of nitrogens with zero attached hydrogens (tertiary/aromatic N) is 1. The number of ether oxygens (including phenoxy) is 2. The van der Waals surface area contributed by atoms with Gasteiger partial charge in [-0.05, 0) is 31.4 Å². The summed E-state index contributed by atoms with van der Waals surface area (Å²) >= 11 is 0. The van der Waals surface area contributed by atoms with E-state index in [4.69, 9.17) is 15.2 Å². The lowest BCUT2D eigenvalue weighted by Gasteiger charge is -2.12. The minimum atomic E-state index is 0.0159. The highest BCUT2D eigenvalue weighted by Crippen LogP contribution is 2.17. The lowest BCUT2D eigenvalue weighted by molar-refractivity contribution is 0.0678. The summed E-state index contributed by atoms with van der Waals surface area (Å²) in [4.78, 5) is 4.30. The zero-order valence-corrected chi connectivity index (χ0v) is 10.3. The molecule has 0 amide bonds. The highest BCUT2D eigenvalue weighted by atomic mass is 16.5. The van der Waals surface area contributed by atoms with Crippen molar-refractivity contribution in [1.29, 1.82) is 0 Å². The highest BCUT2D eigenvalue weighted by molar-refractivity contribution is 5.21. The number of aromatic nitrogens is 1. The molecule has 4 heteroatoms. The van der Waals surface area contributed by atoms with Crippen LogP contribution in [-0.2, 0) is 4.74 Å². The average Bonchev–Trinajstić information content (AvgIpc) is 2.89. The van der Waals surface area contributed by atoms with Crippen molar-refractivity contribution < 1.29 is 9.47 Å². The highest BCUT2D eigenvalue weighted by Gasteiger charge is 2.16. The van der Waals surface area contributed by atoms with Crippen molar-refractivity contribution in [1.82, 2.24) is 4.98 Å². The van der Waals surface area contributed by atoms with Gasteiger partial charge in [-0.3, -0.25) is 4.98 Å². The number of hydrogen-bond donors (Lipinski definition) is 1. The second kappa shape index (κ2) is 5.98. The van der Waals surface area contributed by atoms with Crippen LogP contribution in [0.25, 0.3) is 0 Å². The predicted molar refractivity (Wildman–Crippen MR) is 65.9 cm³/mol. The van der Waals surface area contributed by atoms with Crippen molar-refractivity contribution in [2.75, 3.05) is 13.2 Å².